The molecule has 2 aliphatic rings. The van der Waals surface area contributed by atoms with E-state index < -0.39 is 18.0 Å². The normalized spacial score (nSPS) is 27.1. The molecule has 6 heteroatoms. The predicted octanol–water partition coefficient (Wildman–Crippen LogP) is 0.623. The summed E-state index contributed by atoms with van der Waals surface area (Å²) in [6.07, 6.45) is 3.13. The maximum atomic E-state index is 11.9. The Morgan fingerprint density at radius 2 is 2.47 bits per heavy atom. The van der Waals surface area contributed by atoms with Crippen molar-refractivity contribution in [2.24, 2.45) is 0 Å². The van der Waals surface area contributed by atoms with Crippen LogP contribution in [0, 0.1) is 0 Å². The summed E-state index contributed by atoms with van der Waals surface area (Å²) in [4.78, 5) is 29.6. The third kappa shape index (κ3) is 1.80. The number of nitrogens with zero attached hydrogens (tertiary/aromatic N) is 2. The van der Waals surface area contributed by atoms with E-state index in [4.69, 9.17) is 9.94 Å². The maximum absolute atomic E-state index is 11.9. The summed E-state index contributed by atoms with van der Waals surface area (Å²) in [5, 5.41) is 10.3. The number of amides is 2. The van der Waals surface area contributed by atoms with Crippen LogP contribution >= 0.6 is 0 Å². The third-order valence-electron chi connectivity index (χ3n) is 2.95. The van der Waals surface area contributed by atoms with E-state index in [0.717, 1.165) is 5.57 Å². The fraction of sp³-hybridized carbons (Fsp3) is 0.455. The van der Waals surface area contributed by atoms with Crippen molar-refractivity contribution >= 4 is 12.0 Å². The van der Waals surface area contributed by atoms with Crippen molar-refractivity contribution in [2.45, 2.75) is 19.0 Å². The molecule has 92 valence electrons. The lowest BCUT2D eigenvalue weighted by atomic mass is 10.0. The maximum Gasteiger partial charge on any atom is 0.345 e. The standard InChI is InChI=1S/C11H14N2O4/c1-3-4-17-13-9-6-12(11(13)16)8(10(14)15)5-7(9)2/h3,5,8-9H,1,4,6H2,2H3,(H,14,15)/t8-,9-/m0/s1. The molecule has 0 radical (unpaired) electrons. The smallest absolute Gasteiger partial charge is 0.345 e. The molecule has 0 saturated carbocycles. The van der Waals surface area contributed by atoms with Crippen LogP contribution in [-0.4, -0.2) is 52.3 Å². The topological polar surface area (TPSA) is 70.1 Å². The molecule has 1 N–H and O–H groups in total. The van der Waals surface area contributed by atoms with Crippen molar-refractivity contribution in [3.63, 3.8) is 0 Å². The van der Waals surface area contributed by atoms with E-state index in [1.54, 1.807) is 19.1 Å². The molecule has 2 rings (SSSR count). The highest BCUT2D eigenvalue weighted by Crippen LogP contribution is 2.29. The molecule has 2 atom stereocenters. The van der Waals surface area contributed by atoms with Gasteiger partial charge in [0.1, 0.15) is 6.04 Å². The number of carbonyl (C=O) groups is 2. The first-order valence-electron chi connectivity index (χ1n) is 5.31. The van der Waals surface area contributed by atoms with E-state index in [2.05, 4.69) is 6.58 Å². The Hall–Kier alpha value is -1.82. The Morgan fingerprint density at radius 3 is 3.06 bits per heavy atom. The van der Waals surface area contributed by atoms with Crippen LogP contribution in [0.4, 0.5) is 4.79 Å². The average molecular weight is 238 g/mol. The van der Waals surface area contributed by atoms with Crippen molar-refractivity contribution in [1.82, 2.24) is 9.96 Å². The molecule has 0 aromatic carbocycles. The van der Waals surface area contributed by atoms with Crippen LogP contribution in [0.2, 0.25) is 0 Å². The molecular formula is C11H14N2O4. The average Bonchev–Trinajstić information content (AvgIpc) is 2.56. The predicted molar refractivity (Wildman–Crippen MR) is 59.1 cm³/mol. The lowest BCUT2D eigenvalue weighted by molar-refractivity contribution is -0.140. The van der Waals surface area contributed by atoms with Gasteiger partial charge in [-0.15, -0.1) is 6.58 Å². The zero-order chi connectivity index (χ0) is 12.6. The number of carboxylic acids is 1. The summed E-state index contributed by atoms with van der Waals surface area (Å²) in [7, 11) is 0. The van der Waals surface area contributed by atoms with Crippen LogP contribution in [0.3, 0.4) is 0 Å². The quantitative estimate of drug-likeness (QED) is 0.729. The van der Waals surface area contributed by atoms with Gasteiger partial charge in [0.2, 0.25) is 0 Å². The third-order valence-corrected chi connectivity index (χ3v) is 2.95. The van der Waals surface area contributed by atoms with Crippen molar-refractivity contribution in [3.8, 4) is 0 Å². The van der Waals surface area contributed by atoms with Gasteiger partial charge in [0, 0.05) is 0 Å². The molecule has 0 aromatic heterocycles. The second kappa shape index (κ2) is 4.21. The molecule has 0 aromatic rings. The highest BCUT2D eigenvalue weighted by atomic mass is 16.7. The molecule has 17 heavy (non-hydrogen) atoms. The van der Waals surface area contributed by atoms with Crippen molar-refractivity contribution in [1.29, 1.82) is 0 Å². The Bertz CT molecular complexity index is 404. The van der Waals surface area contributed by atoms with Gasteiger partial charge in [-0.3, -0.25) is 4.84 Å². The number of urea groups is 1. The molecule has 2 heterocycles. The largest absolute Gasteiger partial charge is 0.479 e. The van der Waals surface area contributed by atoms with Crippen molar-refractivity contribution in [3.05, 3.63) is 24.3 Å². The minimum atomic E-state index is -1.03. The fourth-order valence-electron chi connectivity index (χ4n) is 2.09. The first-order chi connectivity index (χ1) is 8.06. The lowest BCUT2D eigenvalue weighted by Crippen LogP contribution is -2.43. The van der Waals surface area contributed by atoms with Gasteiger partial charge in [0.15, 0.2) is 0 Å². The summed E-state index contributed by atoms with van der Waals surface area (Å²) >= 11 is 0. The molecule has 0 unspecified atom stereocenters. The van der Waals surface area contributed by atoms with Crippen LogP contribution in [0.5, 0.6) is 0 Å². The molecule has 1 saturated heterocycles. The highest BCUT2D eigenvalue weighted by molar-refractivity contribution is 5.87. The first-order valence-corrected chi connectivity index (χ1v) is 5.31. The first kappa shape index (κ1) is 11.7. The minimum Gasteiger partial charge on any atom is -0.479 e. The van der Waals surface area contributed by atoms with E-state index in [1.165, 1.54) is 9.96 Å². The van der Waals surface area contributed by atoms with Crippen molar-refractivity contribution in [2.75, 3.05) is 13.2 Å². The molecule has 2 amide bonds. The summed E-state index contributed by atoms with van der Waals surface area (Å²) in [5.41, 5.74) is 0.837. The molecule has 0 aliphatic carbocycles. The Kier molecular flexibility index (Phi) is 2.89. The zero-order valence-electron chi connectivity index (χ0n) is 9.50. The summed E-state index contributed by atoms with van der Waals surface area (Å²) in [6.45, 7) is 5.90. The number of fused-ring (bicyclic) bond motifs is 2. The van der Waals surface area contributed by atoms with Crippen LogP contribution in [-0.2, 0) is 9.63 Å². The van der Waals surface area contributed by atoms with Crippen LogP contribution in [0.1, 0.15) is 6.92 Å². The van der Waals surface area contributed by atoms with E-state index in [9.17, 15) is 9.59 Å². The highest BCUT2D eigenvalue weighted by Gasteiger charge is 2.47. The summed E-state index contributed by atoms with van der Waals surface area (Å²) < 4.78 is 0. The fourth-order valence-corrected chi connectivity index (χ4v) is 2.09. The second-order valence-electron chi connectivity index (χ2n) is 4.05. The van der Waals surface area contributed by atoms with Gasteiger partial charge < -0.3 is 10.0 Å². The second-order valence-corrected chi connectivity index (χ2v) is 4.05. The summed E-state index contributed by atoms with van der Waals surface area (Å²) in [5.74, 6) is -1.03. The van der Waals surface area contributed by atoms with Gasteiger partial charge in [0.25, 0.3) is 0 Å². The SMILES string of the molecule is C=CCON1C(=O)N2C[C@H]1C(C)=C[C@H]2C(=O)O. The number of hydroxylamine groups is 2. The van der Waals surface area contributed by atoms with Gasteiger partial charge in [-0.1, -0.05) is 6.08 Å². The zero-order valence-corrected chi connectivity index (χ0v) is 9.50. The molecule has 2 bridgehead atoms. The van der Waals surface area contributed by atoms with Crippen LogP contribution in [0.25, 0.3) is 0 Å². The molecular weight excluding hydrogens is 224 g/mol. The van der Waals surface area contributed by atoms with Gasteiger partial charge in [0.05, 0.1) is 19.2 Å². The minimum absolute atomic E-state index is 0.196. The van der Waals surface area contributed by atoms with Gasteiger partial charge in [-0.05, 0) is 18.6 Å². The molecule has 1 fully saturated rings. The van der Waals surface area contributed by atoms with Gasteiger partial charge in [-0.2, -0.15) is 5.06 Å². The monoisotopic (exact) mass is 238 g/mol. The molecule has 2 aliphatic heterocycles. The summed E-state index contributed by atoms with van der Waals surface area (Å²) in [6, 6.07) is -1.49. The number of carboxylic acid groups (broad SMARTS) is 1. The molecule has 6 nitrogen and oxygen atoms in total. The van der Waals surface area contributed by atoms with Gasteiger partial charge >= 0.3 is 12.0 Å². The van der Waals surface area contributed by atoms with E-state index in [1.807, 2.05) is 0 Å². The van der Waals surface area contributed by atoms with Crippen molar-refractivity contribution < 1.29 is 19.5 Å². The number of carbonyl (C=O) groups excluding carboxylic acids is 1. The number of aliphatic carboxylic acids is 1. The Balaban J connectivity index is 2.24. The van der Waals surface area contributed by atoms with Gasteiger partial charge in [-0.25, -0.2) is 9.59 Å². The molecule has 0 spiro atoms. The van der Waals surface area contributed by atoms with Crippen LogP contribution < -0.4 is 0 Å². The van der Waals surface area contributed by atoms with E-state index >= 15 is 0 Å². The van der Waals surface area contributed by atoms with E-state index in [0.29, 0.717) is 6.54 Å². The number of hydrogen-bond acceptors (Lipinski definition) is 3. The number of rotatable bonds is 4. The van der Waals surface area contributed by atoms with E-state index in [-0.39, 0.29) is 12.6 Å². The lowest BCUT2D eigenvalue weighted by Gasteiger charge is -2.25. The van der Waals surface area contributed by atoms with Crippen LogP contribution in [0.15, 0.2) is 24.3 Å². The Morgan fingerprint density at radius 1 is 1.76 bits per heavy atom. The number of hydrogen-bond donors (Lipinski definition) is 1. The Labute approximate surface area is 98.7 Å².